The van der Waals surface area contributed by atoms with Gasteiger partial charge in [0.25, 0.3) is 0 Å². The molecule has 0 aromatic carbocycles. The molecule has 1 heterocycles. The molecular formula is C11H22N2O. The molecule has 1 aliphatic rings. The van der Waals surface area contributed by atoms with Gasteiger partial charge in [-0.1, -0.05) is 6.92 Å². The molecule has 82 valence electrons. The van der Waals surface area contributed by atoms with Gasteiger partial charge < -0.3 is 10.6 Å². The molecule has 3 nitrogen and oxygen atoms in total. The first-order valence-electron chi connectivity index (χ1n) is 5.80. The van der Waals surface area contributed by atoms with E-state index in [-0.39, 0.29) is 5.91 Å². The molecule has 1 fully saturated rings. The molecule has 2 N–H and O–H groups in total. The molecule has 14 heavy (non-hydrogen) atoms. The summed E-state index contributed by atoms with van der Waals surface area (Å²) in [5.74, 6) is 0.994. The Labute approximate surface area is 86.6 Å². The van der Waals surface area contributed by atoms with Gasteiger partial charge in [-0.15, -0.1) is 0 Å². The zero-order chi connectivity index (χ0) is 10.2. The molecule has 0 radical (unpaired) electrons. The highest BCUT2D eigenvalue weighted by Crippen LogP contribution is 2.17. The Morgan fingerprint density at radius 3 is 2.79 bits per heavy atom. The number of piperidine rings is 1. The molecule has 1 amide bonds. The Morgan fingerprint density at radius 1 is 1.43 bits per heavy atom. The van der Waals surface area contributed by atoms with Crippen molar-refractivity contribution in [1.82, 2.24) is 10.6 Å². The summed E-state index contributed by atoms with van der Waals surface area (Å²) in [6.45, 7) is 5.15. The van der Waals surface area contributed by atoms with E-state index in [1.54, 1.807) is 0 Å². The zero-order valence-corrected chi connectivity index (χ0v) is 9.14. The Hall–Kier alpha value is -0.570. The molecular weight excluding hydrogens is 176 g/mol. The highest BCUT2D eigenvalue weighted by molar-refractivity contribution is 5.75. The second-order valence-corrected chi connectivity index (χ2v) is 4.08. The highest BCUT2D eigenvalue weighted by atomic mass is 16.1. The summed E-state index contributed by atoms with van der Waals surface area (Å²) in [4.78, 5) is 11.3. The Balaban J connectivity index is 2.03. The first-order chi connectivity index (χ1) is 6.83. The van der Waals surface area contributed by atoms with Gasteiger partial charge in [0, 0.05) is 13.0 Å². The monoisotopic (exact) mass is 198 g/mol. The van der Waals surface area contributed by atoms with Gasteiger partial charge in [0.1, 0.15) is 0 Å². The summed E-state index contributed by atoms with van der Waals surface area (Å²) < 4.78 is 0. The van der Waals surface area contributed by atoms with Gasteiger partial charge in [-0.2, -0.15) is 0 Å². The first kappa shape index (κ1) is 11.5. The average Bonchev–Trinajstić information content (AvgIpc) is 2.25. The molecule has 0 aromatic rings. The number of carbonyl (C=O) groups is 1. The maximum absolute atomic E-state index is 11.3. The van der Waals surface area contributed by atoms with Crippen LogP contribution in [0.3, 0.4) is 0 Å². The summed E-state index contributed by atoms with van der Waals surface area (Å²) in [5.41, 5.74) is 0. The van der Waals surface area contributed by atoms with Crippen LogP contribution >= 0.6 is 0 Å². The Bertz CT molecular complexity index is 165. The normalized spacial score (nSPS) is 18.1. The number of rotatable bonds is 5. The molecule has 0 spiro atoms. The van der Waals surface area contributed by atoms with Gasteiger partial charge in [-0.3, -0.25) is 4.79 Å². The van der Waals surface area contributed by atoms with E-state index < -0.39 is 0 Å². The van der Waals surface area contributed by atoms with Gasteiger partial charge in [0.15, 0.2) is 0 Å². The summed E-state index contributed by atoms with van der Waals surface area (Å²) in [6, 6.07) is 0. The lowest BCUT2D eigenvalue weighted by atomic mass is 9.93. The fraction of sp³-hybridized carbons (Fsp3) is 0.909. The quantitative estimate of drug-likeness (QED) is 0.699. The molecule has 0 bridgehead atoms. The third kappa shape index (κ3) is 4.61. The van der Waals surface area contributed by atoms with Crippen molar-refractivity contribution in [3.63, 3.8) is 0 Å². The van der Waals surface area contributed by atoms with Crippen LogP contribution in [-0.2, 0) is 4.79 Å². The van der Waals surface area contributed by atoms with Crippen molar-refractivity contribution in [3.05, 3.63) is 0 Å². The van der Waals surface area contributed by atoms with Crippen molar-refractivity contribution in [2.75, 3.05) is 19.6 Å². The minimum Gasteiger partial charge on any atom is -0.356 e. The summed E-state index contributed by atoms with van der Waals surface area (Å²) >= 11 is 0. The molecule has 0 aliphatic carbocycles. The van der Waals surface area contributed by atoms with Crippen LogP contribution in [-0.4, -0.2) is 25.5 Å². The zero-order valence-electron chi connectivity index (χ0n) is 9.14. The van der Waals surface area contributed by atoms with Crippen LogP contribution in [0, 0.1) is 5.92 Å². The standard InChI is InChI=1S/C11H22N2O/c1-2-7-13-11(14)4-3-10-5-8-12-9-6-10/h10,12H,2-9H2,1H3,(H,13,14). The lowest BCUT2D eigenvalue weighted by molar-refractivity contribution is -0.121. The number of hydrogen-bond donors (Lipinski definition) is 2. The lowest BCUT2D eigenvalue weighted by Gasteiger charge is -2.22. The van der Waals surface area contributed by atoms with Crippen LogP contribution in [0.1, 0.15) is 39.0 Å². The minimum atomic E-state index is 0.227. The van der Waals surface area contributed by atoms with E-state index in [4.69, 9.17) is 0 Å². The molecule has 1 rings (SSSR count). The van der Waals surface area contributed by atoms with E-state index in [9.17, 15) is 4.79 Å². The van der Waals surface area contributed by atoms with Crippen LogP contribution in [0.25, 0.3) is 0 Å². The van der Waals surface area contributed by atoms with Crippen molar-refractivity contribution >= 4 is 5.91 Å². The minimum absolute atomic E-state index is 0.227. The molecule has 1 saturated heterocycles. The van der Waals surface area contributed by atoms with E-state index in [0.29, 0.717) is 6.42 Å². The van der Waals surface area contributed by atoms with E-state index in [1.807, 2.05) is 0 Å². The fourth-order valence-electron chi connectivity index (χ4n) is 1.86. The van der Waals surface area contributed by atoms with Crippen LogP contribution in [0.4, 0.5) is 0 Å². The van der Waals surface area contributed by atoms with Crippen molar-refractivity contribution in [2.45, 2.75) is 39.0 Å². The summed E-state index contributed by atoms with van der Waals surface area (Å²) in [7, 11) is 0. The van der Waals surface area contributed by atoms with E-state index >= 15 is 0 Å². The largest absolute Gasteiger partial charge is 0.356 e. The van der Waals surface area contributed by atoms with Gasteiger partial charge in [0.2, 0.25) is 5.91 Å². The molecule has 0 saturated carbocycles. The topological polar surface area (TPSA) is 41.1 Å². The molecule has 0 aromatic heterocycles. The third-order valence-corrected chi connectivity index (χ3v) is 2.81. The smallest absolute Gasteiger partial charge is 0.220 e. The van der Waals surface area contributed by atoms with E-state index in [2.05, 4.69) is 17.6 Å². The second-order valence-electron chi connectivity index (χ2n) is 4.08. The molecule has 1 aliphatic heterocycles. The predicted octanol–water partition coefficient (Wildman–Crippen LogP) is 1.29. The fourth-order valence-corrected chi connectivity index (χ4v) is 1.86. The molecule has 0 atom stereocenters. The van der Waals surface area contributed by atoms with Gasteiger partial charge in [-0.05, 0) is 44.7 Å². The van der Waals surface area contributed by atoms with Crippen molar-refractivity contribution in [1.29, 1.82) is 0 Å². The molecule has 0 unspecified atom stereocenters. The van der Waals surface area contributed by atoms with Crippen LogP contribution in [0.15, 0.2) is 0 Å². The SMILES string of the molecule is CCCNC(=O)CCC1CCNCC1. The average molecular weight is 198 g/mol. The van der Waals surface area contributed by atoms with Crippen LogP contribution < -0.4 is 10.6 Å². The van der Waals surface area contributed by atoms with Crippen LogP contribution in [0.5, 0.6) is 0 Å². The highest BCUT2D eigenvalue weighted by Gasteiger charge is 2.13. The van der Waals surface area contributed by atoms with Crippen LogP contribution in [0.2, 0.25) is 0 Å². The molecule has 3 heteroatoms. The third-order valence-electron chi connectivity index (χ3n) is 2.81. The number of amides is 1. The maximum atomic E-state index is 11.3. The Morgan fingerprint density at radius 2 is 2.14 bits per heavy atom. The van der Waals surface area contributed by atoms with Crippen molar-refractivity contribution < 1.29 is 4.79 Å². The number of hydrogen-bond acceptors (Lipinski definition) is 2. The van der Waals surface area contributed by atoms with Gasteiger partial charge in [-0.25, -0.2) is 0 Å². The van der Waals surface area contributed by atoms with Crippen molar-refractivity contribution in [3.8, 4) is 0 Å². The number of nitrogens with one attached hydrogen (secondary N) is 2. The summed E-state index contributed by atoms with van der Waals surface area (Å²) in [6.07, 6.45) is 5.28. The predicted molar refractivity (Wildman–Crippen MR) is 58.1 cm³/mol. The lowest BCUT2D eigenvalue weighted by Crippen LogP contribution is -2.29. The van der Waals surface area contributed by atoms with E-state index in [0.717, 1.165) is 38.4 Å². The second kappa shape index (κ2) is 6.82. The summed E-state index contributed by atoms with van der Waals surface area (Å²) in [5, 5.41) is 6.25. The van der Waals surface area contributed by atoms with Crippen molar-refractivity contribution in [2.24, 2.45) is 5.92 Å². The van der Waals surface area contributed by atoms with E-state index in [1.165, 1.54) is 12.8 Å². The van der Waals surface area contributed by atoms with Gasteiger partial charge >= 0.3 is 0 Å². The van der Waals surface area contributed by atoms with Gasteiger partial charge in [0.05, 0.1) is 0 Å². The maximum Gasteiger partial charge on any atom is 0.220 e. The Kier molecular flexibility index (Phi) is 5.60. The first-order valence-corrected chi connectivity index (χ1v) is 5.80. The number of carbonyl (C=O) groups excluding carboxylic acids is 1.